The highest BCUT2D eigenvalue weighted by atomic mass is 16.2. The Bertz CT molecular complexity index is 684. The van der Waals surface area contributed by atoms with E-state index >= 15 is 0 Å². The first kappa shape index (κ1) is 17.2. The molecule has 0 aliphatic carbocycles. The number of hydrogen-bond acceptors (Lipinski definition) is 5. The maximum atomic E-state index is 12.6. The van der Waals surface area contributed by atoms with Crippen LogP contribution in [0.25, 0.3) is 0 Å². The lowest BCUT2D eigenvalue weighted by Crippen LogP contribution is -2.56. The average Bonchev–Trinajstić information content (AvgIpc) is 3.17. The standard InChI is InChI=1S/C19H27N5O2/c1-13(2)10-16(25)23-8-4-19(5-9-23)15-12-24(11-14(15)17(26)22-19)18-20-6-3-7-21-18/h3,6-7,13-15H,4-5,8-12H2,1-2H3,(H,22,26)/t14-,15+/m0/s1. The first-order valence-corrected chi connectivity index (χ1v) is 9.60. The molecular weight excluding hydrogens is 330 g/mol. The van der Waals surface area contributed by atoms with Gasteiger partial charge in [-0.3, -0.25) is 9.59 Å². The fourth-order valence-corrected chi connectivity index (χ4v) is 4.81. The van der Waals surface area contributed by atoms with Crippen LogP contribution in [0.3, 0.4) is 0 Å². The summed E-state index contributed by atoms with van der Waals surface area (Å²) in [6.45, 7) is 7.09. The van der Waals surface area contributed by atoms with Gasteiger partial charge in [-0.2, -0.15) is 0 Å². The minimum absolute atomic E-state index is 0.00304. The number of carbonyl (C=O) groups is 2. The molecule has 26 heavy (non-hydrogen) atoms. The third-order valence-corrected chi connectivity index (χ3v) is 6.16. The summed E-state index contributed by atoms with van der Waals surface area (Å²) in [6, 6.07) is 1.80. The van der Waals surface area contributed by atoms with E-state index in [9.17, 15) is 9.59 Å². The molecule has 4 heterocycles. The Morgan fingerprint density at radius 1 is 1.27 bits per heavy atom. The number of hydrogen-bond donors (Lipinski definition) is 1. The first-order chi connectivity index (χ1) is 12.5. The van der Waals surface area contributed by atoms with Gasteiger partial charge in [0.25, 0.3) is 0 Å². The molecular formula is C19H27N5O2. The van der Waals surface area contributed by atoms with Gasteiger partial charge < -0.3 is 15.1 Å². The minimum Gasteiger partial charge on any atom is -0.350 e. The Balaban J connectivity index is 1.45. The fraction of sp³-hybridized carbons (Fsp3) is 0.684. The molecule has 0 aromatic carbocycles. The topological polar surface area (TPSA) is 78.4 Å². The summed E-state index contributed by atoms with van der Waals surface area (Å²) in [5.74, 6) is 1.73. The third kappa shape index (κ3) is 2.93. The summed E-state index contributed by atoms with van der Waals surface area (Å²) in [6.07, 6.45) is 5.77. The Labute approximate surface area is 154 Å². The maximum Gasteiger partial charge on any atom is 0.225 e. The van der Waals surface area contributed by atoms with Crippen LogP contribution < -0.4 is 10.2 Å². The van der Waals surface area contributed by atoms with E-state index < -0.39 is 0 Å². The molecule has 3 aliphatic rings. The van der Waals surface area contributed by atoms with E-state index in [0.29, 0.717) is 24.8 Å². The second-order valence-corrected chi connectivity index (χ2v) is 8.29. The molecule has 1 spiro atoms. The van der Waals surface area contributed by atoms with Crippen molar-refractivity contribution in [1.29, 1.82) is 0 Å². The number of amides is 2. The van der Waals surface area contributed by atoms with Crippen LogP contribution in [0.5, 0.6) is 0 Å². The zero-order chi connectivity index (χ0) is 18.3. The van der Waals surface area contributed by atoms with Crippen LogP contribution in [0.4, 0.5) is 5.95 Å². The molecule has 1 aromatic rings. The summed E-state index contributed by atoms with van der Waals surface area (Å²) in [5, 5.41) is 3.30. The van der Waals surface area contributed by atoms with E-state index in [4.69, 9.17) is 0 Å². The second kappa shape index (κ2) is 6.52. The number of fused-ring (bicyclic) bond motifs is 2. The van der Waals surface area contributed by atoms with Crippen molar-refractivity contribution < 1.29 is 9.59 Å². The summed E-state index contributed by atoms with van der Waals surface area (Å²) >= 11 is 0. The fourth-order valence-electron chi connectivity index (χ4n) is 4.81. The average molecular weight is 357 g/mol. The van der Waals surface area contributed by atoms with Crippen LogP contribution in [-0.2, 0) is 9.59 Å². The van der Waals surface area contributed by atoms with Crippen molar-refractivity contribution in [3.05, 3.63) is 18.5 Å². The van der Waals surface area contributed by atoms with E-state index in [0.717, 1.165) is 32.5 Å². The van der Waals surface area contributed by atoms with Crippen LogP contribution in [0.15, 0.2) is 18.5 Å². The van der Waals surface area contributed by atoms with Crippen LogP contribution in [0.1, 0.15) is 33.1 Å². The predicted octanol–water partition coefficient (Wildman–Crippen LogP) is 1.07. The SMILES string of the molecule is CC(C)CC(=O)N1CCC2(CC1)NC(=O)[C@H]1CN(c3ncccn3)C[C@H]12. The molecule has 0 unspecified atom stereocenters. The molecule has 0 radical (unpaired) electrons. The van der Waals surface area contributed by atoms with E-state index in [1.54, 1.807) is 18.5 Å². The molecule has 7 heteroatoms. The summed E-state index contributed by atoms with van der Waals surface area (Å²) in [7, 11) is 0. The third-order valence-electron chi connectivity index (χ3n) is 6.16. The van der Waals surface area contributed by atoms with Gasteiger partial charge in [0.1, 0.15) is 0 Å². The predicted molar refractivity (Wildman–Crippen MR) is 97.4 cm³/mol. The number of likely N-dealkylation sites (tertiary alicyclic amines) is 1. The van der Waals surface area contributed by atoms with Gasteiger partial charge in [0.15, 0.2) is 0 Å². The van der Waals surface area contributed by atoms with Crippen molar-refractivity contribution in [2.24, 2.45) is 17.8 Å². The van der Waals surface area contributed by atoms with Crippen LogP contribution in [-0.4, -0.2) is 58.4 Å². The molecule has 3 saturated heterocycles. The van der Waals surface area contributed by atoms with Gasteiger partial charge in [-0.1, -0.05) is 13.8 Å². The van der Waals surface area contributed by atoms with Gasteiger partial charge >= 0.3 is 0 Å². The monoisotopic (exact) mass is 357 g/mol. The molecule has 0 saturated carbocycles. The molecule has 0 bridgehead atoms. The van der Waals surface area contributed by atoms with Crippen molar-refractivity contribution in [3.63, 3.8) is 0 Å². The first-order valence-electron chi connectivity index (χ1n) is 9.60. The lowest BCUT2D eigenvalue weighted by Gasteiger charge is -2.43. The molecule has 3 fully saturated rings. The van der Waals surface area contributed by atoms with Crippen LogP contribution in [0, 0.1) is 17.8 Å². The summed E-state index contributed by atoms with van der Waals surface area (Å²) in [4.78, 5) is 37.7. The van der Waals surface area contributed by atoms with Crippen molar-refractivity contribution in [2.75, 3.05) is 31.1 Å². The number of rotatable bonds is 3. The highest BCUT2D eigenvalue weighted by molar-refractivity contribution is 5.84. The number of nitrogens with zero attached hydrogens (tertiary/aromatic N) is 4. The Morgan fingerprint density at radius 2 is 1.96 bits per heavy atom. The van der Waals surface area contributed by atoms with Crippen LogP contribution >= 0.6 is 0 Å². The van der Waals surface area contributed by atoms with Gasteiger partial charge in [-0.05, 0) is 24.8 Å². The number of piperidine rings is 1. The molecule has 2 atom stereocenters. The highest BCUT2D eigenvalue weighted by Gasteiger charge is 2.57. The van der Waals surface area contributed by atoms with Crippen molar-refractivity contribution in [2.45, 2.75) is 38.6 Å². The Morgan fingerprint density at radius 3 is 2.62 bits per heavy atom. The van der Waals surface area contributed by atoms with Crippen molar-refractivity contribution in [1.82, 2.24) is 20.2 Å². The van der Waals surface area contributed by atoms with E-state index in [1.807, 2.05) is 4.90 Å². The normalized spacial score (nSPS) is 27.1. The van der Waals surface area contributed by atoms with Gasteiger partial charge in [-0.25, -0.2) is 9.97 Å². The van der Waals surface area contributed by atoms with Crippen molar-refractivity contribution >= 4 is 17.8 Å². The number of aromatic nitrogens is 2. The number of carbonyl (C=O) groups excluding carboxylic acids is 2. The van der Waals surface area contributed by atoms with E-state index in [2.05, 4.69) is 34.0 Å². The van der Waals surface area contributed by atoms with Gasteiger partial charge in [0.2, 0.25) is 17.8 Å². The number of anilines is 1. The molecule has 4 rings (SSSR count). The van der Waals surface area contributed by atoms with Crippen molar-refractivity contribution in [3.8, 4) is 0 Å². The van der Waals surface area contributed by atoms with Gasteiger partial charge in [-0.15, -0.1) is 0 Å². The largest absolute Gasteiger partial charge is 0.350 e. The molecule has 1 N–H and O–H groups in total. The summed E-state index contributed by atoms with van der Waals surface area (Å²) in [5.41, 5.74) is -0.181. The Hall–Kier alpha value is -2.18. The van der Waals surface area contributed by atoms with E-state index in [1.165, 1.54) is 0 Å². The zero-order valence-electron chi connectivity index (χ0n) is 15.5. The zero-order valence-corrected chi connectivity index (χ0v) is 15.5. The van der Waals surface area contributed by atoms with Crippen LogP contribution in [0.2, 0.25) is 0 Å². The lowest BCUT2D eigenvalue weighted by molar-refractivity contribution is -0.133. The number of nitrogens with one attached hydrogen (secondary N) is 1. The minimum atomic E-state index is -0.181. The summed E-state index contributed by atoms with van der Waals surface area (Å²) < 4.78 is 0. The lowest BCUT2D eigenvalue weighted by atomic mass is 9.75. The quantitative estimate of drug-likeness (QED) is 0.875. The molecule has 2 amide bonds. The maximum absolute atomic E-state index is 12.6. The highest BCUT2D eigenvalue weighted by Crippen LogP contribution is 2.44. The smallest absolute Gasteiger partial charge is 0.225 e. The molecule has 140 valence electrons. The van der Waals surface area contributed by atoms with Gasteiger partial charge in [0, 0.05) is 56.5 Å². The second-order valence-electron chi connectivity index (χ2n) is 8.29. The molecule has 3 aliphatic heterocycles. The molecule has 7 nitrogen and oxygen atoms in total. The van der Waals surface area contributed by atoms with Gasteiger partial charge in [0.05, 0.1) is 5.92 Å². The Kier molecular flexibility index (Phi) is 4.32. The van der Waals surface area contributed by atoms with E-state index in [-0.39, 0.29) is 29.2 Å². The molecule has 1 aromatic heterocycles.